The maximum atomic E-state index is 13.3. The van der Waals surface area contributed by atoms with Crippen molar-refractivity contribution in [3.63, 3.8) is 0 Å². The second-order valence-corrected chi connectivity index (χ2v) is 3.47. The van der Waals surface area contributed by atoms with Gasteiger partial charge in [-0.25, -0.2) is 4.39 Å². The molecule has 2 aromatic heterocycles. The maximum absolute atomic E-state index is 13.3. The monoisotopic (exact) mass is 222 g/mol. The van der Waals surface area contributed by atoms with Crippen LogP contribution in [-0.4, -0.2) is 25.1 Å². The molecule has 0 fully saturated rings. The summed E-state index contributed by atoms with van der Waals surface area (Å²) < 4.78 is 14.8. The highest BCUT2D eigenvalue weighted by Crippen LogP contribution is 2.17. The smallest absolute Gasteiger partial charge is 0.147 e. The average molecular weight is 222 g/mol. The van der Waals surface area contributed by atoms with Crippen LogP contribution in [-0.2, 0) is 13.5 Å². The third kappa shape index (κ3) is 2.22. The summed E-state index contributed by atoms with van der Waals surface area (Å²) in [5.41, 5.74) is 0.633. The van der Waals surface area contributed by atoms with E-state index in [0.717, 1.165) is 0 Å². The minimum Gasteiger partial charge on any atom is -0.386 e. The number of aliphatic hydroxyl groups excluding tert-OH is 1. The molecule has 0 saturated heterocycles. The van der Waals surface area contributed by atoms with Crippen LogP contribution < -0.4 is 0 Å². The number of hydrogen-bond acceptors (Lipinski definition) is 4. The van der Waals surface area contributed by atoms with Crippen LogP contribution in [0.15, 0.2) is 24.5 Å². The Hall–Kier alpha value is -1.82. The maximum Gasteiger partial charge on any atom is 0.147 e. The molecular weight excluding hydrogens is 211 g/mol. The number of halogens is 1. The Morgan fingerprint density at radius 2 is 2.38 bits per heavy atom. The Morgan fingerprint density at radius 3 is 3.00 bits per heavy atom. The van der Waals surface area contributed by atoms with Gasteiger partial charge >= 0.3 is 0 Å². The van der Waals surface area contributed by atoms with Gasteiger partial charge in [0, 0.05) is 25.9 Å². The number of nitrogens with zero attached hydrogens (tertiary/aromatic N) is 4. The van der Waals surface area contributed by atoms with Crippen molar-refractivity contribution < 1.29 is 9.50 Å². The molecule has 0 amide bonds. The fourth-order valence-corrected chi connectivity index (χ4v) is 1.43. The lowest BCUT2D eigenvalue weighted by Crippen LogP contribution is -2.07. The Morgan fingerprint density at radius 1 is 1.56 bits per heavy atom. The minimum absolute atomic E-state index is 0.0353. The molecule has 0 aliphatic rings. The summed E-state index contributed by atoms with van der Waals surface area (Å²) in [5, 5.41) is 17.3. The van der Waals surface area contributed by atoms with Gasteiger partial charge in [0.15, 0.2) is 0 Å². The van der Waals surface area contributed by atoms with Crippen molar-refractivity contribution in [2.45, 2.75) is 12.5 Å². The molecular formula is C10H11FN4O. The quantitative estimate of drug-likeness (QED) is 0.827. The van der Waals surface area contributed by atoms with E-state index in [0.29, 0.717) is 5.69 Å². The normalized spacial score (nSPS) is 12.7. The van der Waals surface area contributed by atoms with Crippen molar-refractivity contribution in [1.29, 1.82) is 0 Å². The first-order valence-corrected chi connectivity index (χ1v) is 4.80. The van der Waals surface area contributed by atoms with Crippen LogP contribution in [0.5, 0.6) is 0 Å². The molecule has 0 aliphatic carbocycles. The summed E-state index contributed by atoms with van der Waals surface area (Å²) >= 11 is 0. The predicted octanol–water partition coefficient (Wildman–Crippen LogP) is 0.625. The summed E-state index contributed by atoms with van der Waals surface area (Å²) in [4.78, 5) is 3.80. The van der Waals surface area contributed by atoms with Gasteiger partial charge in [-0.05, 0) is 12.1 Å². The van der Waals surface area contributed by atoms with Gasteiger partial charge in [0.2, 0.25) is 0 Å². The van der Waals surface area contributed by atoms with Gasteiger partial charge in [-0.15, -0.1) is 5.10 Å². The summed E-state index contributed by atoms with van der Waals surface area (Å²) in [7, 11) is 1.73. The summed E-state index contributed by atoms with van der Waals surface area (Å²) in [5.74, 6) is -0.515. The largest absolute Gasteiger partial charge is 0.386 e. The number of hydrogen-bond donors (Lipinski definition) is 1. The van der Waals surface area contributed by atoms with Crippen LogP contribution in [0, 0.1) is 5.82 Å². The number of aliphatic hydroxyl groups is 1. The van der Waals surface area contributed by atoms with Crippen molar-refractivity contribution in [3.8, 4) is 0 Å². The molecule has 2 aromatic rings. The lowest BCUT2D eigenvalue weighted by atomic mass is 10.1. The highest BCUT2D eigenvalue weighted by atomic mass is 19.1. The number of aryl methyl sites for hydroxylation is 1. The summed E-state index contributed by atoms with van der Waals surface area (Å²) in [6, 6.07) is 2.75. The van der Waals surface area contributed by atoms with Crippen LogP contribution >= 0.6 is 0 Å². The van der Waals surface area contributed by atoms with Crippen LogP contribution in [0.2, 0.25) is 0 Å². The Bertz CT molecular complexity index is 485. The lowest BCUT2D eigenvalue weighted by molar-refractivity contribution is 0.167. The van der Waals surface area contributed by atoms with Crippen molar-refractivity contribution in [1.82, 2.24) is 20.0 Å². The molecule has 84 valence electrons. The Kier molecular flexibility index (Phi) is 2.91. The molecule has 16 heavy (non-hydrogen) atoms. The Labute approximate surface area is 91.6 Å². The summed E-state index contributed by atoms with van der Waals surface area (Å²) in [6.07, 6.45) is 2.31. The first-order valence-electron chi connectivity index (χ1n) is 4.80. The average Bonchev–Trinajstić information content (AvgIpc) is 2.64. The van der Waals surface area contributed by atoms with E-state index in [9.17, 15) is 9.50 Å². The fourth-order valence-electron chi connectivity index (χ4n) is 1.43. The molecule has 2 heterocycles. The van der Waals surface area contributed by atoms with E-state index in [1.165, 1.54) is 23.0 Å². The number of aromatic nitrogens is 4. The number of pyridine rings is 1. The van der Waals surface area contributed by atoms with Gasteiger partial charge in [-0.3, -0.25) is 9.67 Å². The highest BCUT2D eigenvalue weighted by molar-refractivity contribution is 5.12. The molecule has 0 spiro atoms. The molecule has 5 nitrogen and oxygen atoms in total. The van der Waals surface area contributed by atoms with Gasteiger partial charge in [-0.1, -0.05) is 5.21 Å². The van der Waals surface area contributed by atoms with Crippen LogP contribution in [0.4, 0.5) is 4.39 Å². The second-order valence-electron chi connectivity index (χ2n) is 3.47. The van der Waals surface area contributed by atoms with Gasteiger partial charge in [-0.2, -0.15) is 0 Å². The van der Waals surface area contributed by atoms with Crippen molar-refractivity contribution in [2.24, 2.45) is 7.05 Å². The topological polar surface area (TPSA) is 63.8 Å². The first-order chi connectivity index (χ1) is 7.66. The third-order valence-electron chi connectivity index (χ3n) is 2.16. The zero-order valence-corrected chi connectivity index (χ0v) is 8.71. The van der Waals surface area contributed by atoms with E-state index in [4.69, 9.17) is 0 Å². The predicted molar refractivity (Wildman–Crippen MR) is 53.9 cm³/mol. The second kappa shape index (κ2) is 4.36. The van der Waals surface area contributed by atoms with E-state index >= 15 is 0 Å². The van der Waals surface area contributed by atoms with E-state index in [1.807, 2.05) is 0 Å². The third-order valence-corrected chi connectivity index (χ3v) is 2.16. The fraction of sp³-hybridized carbons (Fsp3) is 0.300. The molecule has 1 atom stereocenters. The molecule has 0 aliphatic heterocycles. The van der Waals surface area contributed by atoms with Crippen molar-refractivity contribution in [3.05, 3.63) is 41.7 Å². The summed E-state index contributed by atoms with van der Waals surface area (Å²) in [6.45, 7) is 0. The molecule has 1 N–H and O–H groups in total. The zero-order valence-electron chi connectivity index (χ0n) is 8.71. The molecule has 2 rings (SSSR count). The van der Waals surface area contributed by atoms with Crippen LogP contribution in [0.25, 0.3) is 0 Å². The van der Waals surface area contributed by atoms with Crippen molar-refractivity contribution in [2.75, 3.05) is 0 Å². The number of rotatable bonds is 3. The SMILES string of the molecule is Cn1cc(CC(O)c2ncccc2F)nn1. The highest BCUT2D eigenvalue weighted by Gasteiger charge is 2.15. The van der Waals surface area contributed by atoms with E-state index in [1.54, 1.807) is 13.2 Å². The molecule has 0 bridgehead atoms. The standard InChI is InChI=1S/C10H11FN4O/c1-15-6-7(13-14-15)5-9(16)10-8(11)3-2-4-12-10/h2-4,6,9,16H,5H2,1H3. The van der Waals surface area contributed by atoms with E-state index < -0.39 is 11.9 Å². The lowest BCUT2D eigenvalue weighted by Gasteiger charge is -2.08. The van der Waals surface area contributed by atoms with Gasteiger partial charge in [0.1, 0.15) is 17.6 Å². The molecule has 6 heteroatoms. The van der Waals surface area contributed by atoms with Crippen LogP contribution in [0.3, 0.4) is 0 Å². The van der Waals surface area contributed by atoms with Crippen molar-refractivity contribution >= 4 is 0 Å². The Balaban J connectivity index is 2.14. The van der Waals surface area contributed by atoms with Crippen LogP contribution in [0.1, 0.15) is 17.5 Å². The molecule has 0 saturated carbocycles. The minimum atomic E-state index is -1.00. The molecule has 0 radical (unpaired) electrons. The van der Waals surface area contributed by atoms with E-state index in [2.05, 4.69) is 15.3 Å². The van der Waals surface area contributed by atoms with Gasteiger partial charge in [0.05, 0.1) is 5.69 Å². The first kappa shape index (κ1) is 10.7. The van der Waals surface area contributed by atoms with E-state index in [-0.39, 0.29) is 12.1 Å². The van der Waals surface area contributed by atoms with Gasteiger partial charge < -0.3 is 5.11 Å². The molecule has 1 unspecified atom stereocenters. The molecule has 0 aromatic carbocycles. The zero-order chi connectivity index (χ0) is 11.5. The van der Waals surface area contributed by atoms with Gasteiger partial charge in [0.25, 0.3) is 0 Å².